The van der Waals surface area contributed by atoms with Crippen LogP contribution < -0.4 is 16.0 Å². The van der Waals surface area contributed by atoms with Crippen LogP contribution in [0.3, 0.4) is 0 Å². The maximum Gasteiger partial charge on any atom is 0.394 e. The number of aromatic hydroxyl groups is 1. The van der Waals surface area contributed by atoms with Gasteiger partial charge >= 0.3 is 10.4 Å². The molecule has 1 aromatic rings. The second-order valence-corrected chi connectivity index (χ2v) is 11.1. The predicted octanol–water partition coefficient (Wildman–Crippen LogP) is -0.898. The summed E-state index contributed by atoms with van der Waals surface area (Å²) in [6.07, 6.45) is 0.485. The third-order valence-electron chi connectivity index (χ3n) is 7.40. The summed E-state index contributed by atoms with van der Waals surface area (Å²) in [6.45, 7) is 0. The lowest BCUT2D eigenvalue weighted by molar-refractivity contribution is -0.148. The summed E-state index contributed by atoms with van der Waals surface area (Å²) in [7, 11) is 1.91. The van der Waals surface area contributed by atoms with E-state index in [0.717, 1.165) is 0 Å². The number of likely N-dealkylation sites (N-methyl/N-ethyl adjacent to an activating group) is 1. The number of nitrogens with one attached hydrogen (secondary N) is 1. The first-order valence-corrected chi connectivity index (χ1v) is 13.3. The third-order valence-corrected chi connectivity index (χ3v) is 7.40. The van der Waals surface area contributed by atoms with Gasteiger partial charge in [0.05, 0.1) is 17.3 Å². The summed E-state index contributed by atoms with van der Waals surface area (Å²) < 4.78 is 31.6. The molecule has 1 aromatic carbocycles. The lowest BCUT2D eigenvalue weighted by Gasteiger charge is -2.50. The smallest absolute Gasteiger partial charge is 0.394 e. The third kappa shape index (κ3) is 5.24. The molecular weight excluding hydrogens is 568 g/mol. The number of carbonyl (C=O) groups is 4. The first-order chi connectivity index (χ1) is 18.8. The molecule has 9 N–H and O–H groups in total. The highest BCUT2D eigenvalue weighted by Gasteiger charge is 2.63. The van der Waals surface area contributed by atoms with Crippen LogP contribution in [0.25, 0.3) is 0 Å². The average Bonchev–Trinajstić information content (AvgIpc) is 2.81. The van der Waals surface area contributed by atoms with Crippen molar-refractivity contribution in [2.24, 2.45) is 17.6 Å². The van der Waals surface area contributed by atoms with Crippen molar-refractivity contribution < 1.29 is 57.1 Å². The van der Waals surface area contributed by atoms with E-state index in [4.69, 9.17) is 23.3 Å². The fraction of sp³-hybridized carbons (Fsp3) is 0.417. The van der Waals surface area contributed by atoms with Gasteiger partial charge in [0, 0.05) is 31.3 Å². The van der Waals surface area contributed by atoms with E-state index in [9.17, 15) is 39.6 Å². The molecule has 0 spiro atoms. The van der Waals surface area contributed by atoms with Crippen molar-refractivity contribution in [1.82, 2.24) is 4.90 Å². The number of hydrogen-bond acceptors (Lipinski definition) is 12. The van der Waals surface area contributed by atoms with E-state index in [-0.39, 0.29) is 29.7 Å². The molecule has 0 radical (unpaired) electrons. The highest BCUT2D eigenvalue weighted by molar-refractivity contribution is 7.79. The van der Waals surface area contributed by atoms with Gasteiger partial charge in [-0.3, -0.25) is 33.2 Å². The SMILES string of the molecule is CN(C)c1cc(NC=O)c(O)c2c1CC1CC3[C@H](N(C)C)C(O)=C(C(N)=O)C(=O)[C@@]3(O)C(O)=C1C2=O.O=S(=O)(O)O. The van der Waals surface area contributed by atoms with Crippen LogP contribution in [0.4, 0.5) is 11.4 Å². The normalized spacial score (nSPS) is 25.5. The zero-order valence-corrected chi connectivity index (χ0v) is 23.1. The van der Waals surface area contributed by atoms with Crippen molar-refractivity contribution in [1.29, 1.82) is 0 Å². The number of primary amides is 1. The summed E-state index contributed by atoms with van der Waals surface area (Å²) in [5, 5.41) is 46.9. The maximum atomic E-state index is 13.7. The Labute approximate surface area is 233 Å². The van der Waals surface area contributed by atoms with E-state index >= 15 is 0 Å². The number of Topliss-reactive ketones (excluding diaryl/α,β-unsaturated/α-hetero) is 2. The van der Waals surface area contributed by atoms with E-state index in [1.54, 1.807) is 33.1 Å². The van der Waals surface area contributed by atoms with Gasteiger partial charge in [-0.15, -0.1) is 0 Å². The van der Waals surface area contributed by atoms with Gasteiger partial charge in [0.1, 0.15) is 17.1 Å². The molecule has 0 fully saturated rings. The Balaban J connectivity index is 0.000000850. The van der Waals surface area contributed by atoms with Crippen LogP contribution in [-0.2, 0) is 31.2 Å². The largest absolute Gasteiger partial charge is 0.510 e. The number of rotatable bonds is 5. The van der Waals surface area contributed by atoms with Crippen LogP contribution in [0.5, 0.6) is 5.75 Å². The molecular formula is C24H30N4O12S. The number of ketones is 2. The number of nitrogens with zero attached hydrogens (tertiary/aromatic N) is 2. The van der Waals surface area contributed by atoms with Crippen LogP contribution in [-0.4, -0.2) is 107 Å². The van der Waals surface area contributed by atoms with Crippen molar-refractivity contribution in [2.75, 3.05) is 38.4 Å². The fourth-order valence-corrected chi connectivity index (χ4v) is 5.87. The molecule has 0 saturated carbocycles. The molecule has 17 heteroatoms. The minimum absolute atomic E-state index is 0.00622. The molecule has 0 aliphatic heterocycles. The van der Waals surface area contributed by atoms with E-state index in [0.29, 0.717) is 17.7 Å². The standard InChI is InChI=1S/C24H28N4O8.H2O4S/c1-27(2)13-7-12(26-8-29)18(30)15-10(13)5-9-6-11-17(28(3)4)20(32)16(23(25)35)22(34)24(11,36)21(33)14(9)19(15)31;1-5(2,3)4/h7-9,11,17,30,32-33,36H,5-6H2,1-4H3,(H2,25,35)(H,26,29);(H2,1,2,3,4)/t9?,11?,17-,24-;/m0./s1. The number of carbonyl (C=O) groups excluding carboxylic acids is 4. The van der Waals surface area contributed by atoms with Gasteiger partial charge in [-0.2, -0.15) is 8.42 Å². The van der Waals surface area contributed by atoms with Gasteiger partial charge in [-0.05, 0) is 44.5 Å². The lowest BCUT2D eigenvalue weighted by atomic mass is 9.58. The van der Waals surface area contributed by atoms with Crippen LogP contribution in [0.2, 0.25) is 0 Å². The van der Waals surface area contributed by atoms with E-state index < -0.39 is 74.2 Å². The van der Waals surface area contributed by atoms with Crippen LogP contribution >= 0.6 is 0 Å². The van der Waals surface area contributed by atoms with E-state index in [2.05, 4.69) is 5.32 Å². The molecule has 224 valence electrons. The van der Waals surface area contributed by atoms with Crippen molar-refractivity contribution >= 4 is 45.7 Å². The Bertz CT molecular complexity index is 1510. The zero-order valence-electron chi connectivity index (χ0n) is 22.3. The van der Waals surface area contributed by atoms with Gasteiger partial charge in [-0.25, -0.2) is 0 Å². The van der Waals surface area contributed by atoms with Gasteiger partial charge in [0.2, 0.25) is 12.2 Å². The molecule has 2 amide bonds. The molecule has 41 heavy (non-hydrogen) atoms. The second kappa shape index (κ2) is 10.7. The van der Waals surface area contributed by atoms with Gasteiger partial charge in [0.25, 0.3) is 5.91 Å². The number of phenolic OH excluding ortho intramolecular Hbond substituents is 1. The number of hydrogen-bond donors (Lipinski definition) is 8. The molecule has 16 nitrogen and oxygen atoms in total. The zero-order chi connectivity index (χ0) is 31.4. The topological polar surface area (TPSA) is 268 Å². The minimum Gasteiger partial charge on any atom is -0.510 e. The number of amides is 2. The molecule has 4 atom stereocenters. The summed E-state index contributed by atoms with van der Waals surface area (Å²) in [6, 6.07) is 0.459. The van der Waals surface area contributed by atoms with Gasteiger partial charge in [-0.1, -0.05) is 0 Å². The molecule has 2 unspecified atom stereocenters. The lowest BCUT2D eigenvalue weighted by Crippen LogP contribution is -2.63. The van der Waals surface area contributed by atoms with Crippen LogP contribution in [0.1, 0.15) is 22.3 Å². The Morgan fingerprint density at radius 1 is 1.15 bits per heavy atom. The number of benzene rings is 1. The first-order valence-electron chi connectivity index (χ1n) is 11.9. The number of aliphatic hydroxyl groups excluding tert-OH is 2. The Kier molecular flexibility index (Phi) is 8.26. The number of anilines is 2. The Morgan fingerprint density at radius 3 is 2.17 bits per heavy atom. The van der Waals surface area contributed by atoms with E-state index in [1.807, 2.05) is 0 Å². The Hall–Kier alpha value is -4.03. The first kappa shape index (κ1) is 31.5. The molecule has 0 heterocycles. The molecule has 0 bridgehead atoms. The van der Waals surface area contributed by atoms with Crippen molar-refractivity contribution in [3.8, 4) is 5.75 Å². The van der Waals surface area contributed by atoms with Gasteiger partial charge < -0.3 is 36.4 Å². The Morgan fingerprint density at radius 2 is 1.71 bits per heavy atom. The summed E-state index contributed by atoms with van der Waals surface area (Å²) in [4.78, 5) is 53.3. The fourth-order valence-electron chi connectivity index (χ4n) is 5.87. The minimum atomic E-state index is -4.67. The quantitative estimate of drug-likeness (QED) is 0.0883. The summed E-state index contributed by atoms with van der Waals surface area (Å²) in [5.74, 6) is -7.27. The highest BCUT2D eigenvalue weighted by Crippen LogP contribution is 2.53. The number of phenols is 1. The average molecular weight is 599 g/mol. The maximum absolute atomic E-state index is 13.7. The van der Waals surface area contributed by atoms with Crippen LogP contribution in [0, 0.1) is 11.8 Å². The van der Waals surface area contributed by atoms with Gasteiger partial charge in [0.15, 0.2) is 17.1 Å². The number of nitrogens with two attached hydrogens (primary N) is 1. The number of fused-ring (bicyclic) bond motifs is 3. The second-order valence-electron chi connectivity index (χ2n) is 10.2. The number of aliphatic hydroxyl groups is 3. The van der Waals surface area contributed by atoms with Crippen molar-refractivity contribution in [3.63, 3.8) is 0 Å². The predicted molar refractivity (Wildman–Crippen MR) is 142 cm³/mol. The van der Waals surface area contributed by atoms with E-state index in [1.165, 1.54) is 11.0 Å². The highest BCUT2D eigenvalue weighted by atomic mass is 32.3. The molecule has 3 aliphatic rings. The number of allylic oxidation sites excluding steroid dienone is 1. The van der Waals surface area contributed by atoms with Crippen molar-refractivity contribution in [2.45, 2.75) is 24.5 Å². The molecule has 0 saturated heterocycles. The monoisotopic (exact) mass is 598 g/mol. The molecule has 3 aliphatic carbocycles. The molecule has 4 rings (SSSR count). The summed E-state index contributed by atoms with van der Waals surface area (Å²) >= 11 is 0. The molecule has 0 aromatic heterocycles. The van der Waals surface area contributed by atoms with Crippen LogP contribution in [0.15, 0.2) is 28.7 Å². The van der Waals surface area contributed by atoms with Crippen molar-refractivity contribution in [3.05, 3.63) is 39.9 Å². The summed E-state index contributed by atoms with van der Waals surface area (Å²) in [5.41, 5.74) is 2.29.